The summed E-state index contributed by atoms with van der Waals surface area (Å²) in [7, 11) is 0. The van der Waals surface area contributed by atoms with Gasteiger partial charge in [0.15, 0.2) is 0 Å². The van der Waals surface area contributed by atoms with Crippen LogP contribution in [0.25, 0.3) is 22.0 Å². The molecule has 0 N–H and O–H groups in total. The minimum Gasteiger partial charge on any atom is -0.329 e. The molecule has 3 aromatic rings. The molecular formula is C15H13N5O3S. The molecule has 0 spiro atoms. The summed E-state index contributed by atoms with van der Waals surface area (Å²) in [6.45, 7) is 2.92. The van der Waals surface area contributed by atoms with Gasteiger partial charge in [-0.2, -0.15) is 0 Å². The molecule has 1 aliphatic rings. The fourth-order valence-electron chi connectivity index (χ4n) is 3.00. The molecule has 122 valence electrons. The van der Waals surface area contributed by atoms with E-state index in [0.717, 1.165) is 5.69 Å². The molecule has 0 aliphatic carbocycles. The summed E-state index contributed by atoms with van der Waals surface area (Å²) in [5.41, 5.74) is 1.63. The summed E-state index contributed by atoms with van der Waals surface area (Å²) in [4.78, 5) is 32.6. The van der Waals surface area contributed by atoms with Crippen molar-refractivity contribution in [2.45, 2.75) is 26.4 Å². The fourth-order valence-corrected chi connectivity index (χ4v) is 3.81. The van der Waals surface area contributed by atoms with E-state index in [4.69, 9.17) is 0 Å². The minimum atomic E-state index is -0.447. The highest BCUT2D eigenvalue weighted by Crippen LogP contribution is 2.34. The van der Waals surface area contributed by atoms with Gasteiger partial charge in [0, 0.05) is 30.2 Å². The molecular weight excluding hydrogens is 330 g/mol. The summed E-state index contributed by atoms with van der Waals surface area (Å²) in [5.74, 6) is 0. The van der Waals surface area contributed by atoms with Crippen molar-refractivity contribution in [2.24, 2.45) is 0 Å². The van der Waals surface area contributed by atoms with Gasteiger partial charge < -0.3 is 9.13 Å². The topological polar surface area (TPSA) is 95.8 Å². The second kappa shape index (κ2) is 5.38. The molecule has 0 radical (unpaired) electrons. The van der Waals surface area contributed by atoms with Crippen LogP contribution >= 0.6 is 11.3 Å². The molecule has 4 rings (SSSR count). The van der Waals surface area contributed by atoms with Crippen LogP contribution in [0.1, 0.15) is 12.1 Å². The first-order chi connectivity index (χ1) is 11.6. The van der Waals surface area contributed by atoms with Crippen LogP contribution in [0, 0.1) is 17.0 Å². The van der Waals surface area contributed by atoms with Crippen LogP contribution in [0.3, 0.4) is 0 Å². The molecule has 4 heterocycles. The van der Waals surface area contributed by atoms with Crippen LogP contribution in [0.15, 0.2) is 28.8 Å². The van der Waals surface area contributed by atoms with Gasteiger partial charge in [0.25, 0.3) is 11.2 Å². The molecule has 0 aromatic carbocycles. The van der Waals surface area contributed by atoms with Gasteiger partial charge in [0.2, 0.25) is 0 Å². The standard InChI is InChI=1S/C15H13N5O3S/c1-9-7-24-14(17-9)10-5-11(20(22)23)13-12-6-16-8-18(12)3-2-4-19(13)15(10)21/h5-8H,2-4H2,1H3. The maximum Gasteiger partial charge on any atom is 0.296 e. The highest BCUT2D eigenvalue weighted by molar-refractivity contribution is 7.13. The Morgan fingerprint density at radius 3 is 2.92 bits per heavy atom. The van der Waals surface area contributed by atoms with Crippen molar-refractivity contribution in [3.05, 3.63) is 50.1 Å². The Hall–Kier alpha value is -2.81. The van der Waals surface area contributed by atoms with Gasteiger partial charge in [-0.15, -0.1) is 11.3 Å². The number of pyridine rings is 1. The Bertz CT molecular complexity index is 1020. The van der Waals surface area contributed by atoms with Gasteiger partial charge in [-0.05, 0) is 13.3 Å². The lowest BCUT2D eigenvalue weighted by Crippen LogP contribution is -2.24. The molecule has 9 heteroatoms. The lowest BCUT2D eigenvalue weighted by atomic mass is 10.1. The Balaban J connectivity index is 2.07. The first-order valence-corrected chi connectivity index (χ1v) is 8.29. The second-order valence-corrected chi connectivity index (χ2v) is 6.48. The number of aryl methyl sites for hydroxylation is 2. The number of fused-ring (bicyclic) bond motifs is 3. The summed E-state index contributed by atoms with van der Waals surface area (Å²) in [6, 6.07) is 1.34. The van der Waals surface area contributed by atoms with Gasteiger partial charge in [0.05, 0.1) is 28.7 Å². The Labute approximate surface area is 140 Å². The summed E-state index contributed by atoms with van der Waals surface area (Å²) < 4.78 is 3.34. The van der Waals surface area contributed by atoms with Gasteiger partial charge in [-0.1, -0.05) is 0 Å². The average molecular weight is 343 g/mol. The van der Waals surface area contributed by atoms with Crippen molar-refractivity contribution in [2.75, 3.05) is 0 Å². The van der Waals surface area contributed by atoms with Crippen molar-refractivity contribution in [1.29, 1.82) is 0 Å². The van der Waals surface area contributed by atoms with Gasteiger partial charge in [-0.3, -0.25) is 14.9 Å². The Morgan fingerprint density at radius 2 is 2.21 bits per heavy atom. The van der Waals surface area contributed by atoms with E-state index in [-0.39, 0.29) is 16.8 Å². The van der Waals surface area contributed by atoms with Crippen molar-refractivity contribution < 1.29 is 4.92 Å². The quantitative estimate of drug-likeness (QED) is 0.526. The zero-order chi connectivity index (χ0) is 16.8. The molecule has 0 unspecified atom stereocenters. The van der Waals surface area contributed by atoms with E-state index >= 15 is 0 Å². The maximum atomic E-state index is 13.0. The normalized spacial score (nSPS) is 13.2. The Morgan fingerprint density at radius 1 is 1.38 bits per heavy atom. The number of thiazole rings is 1. The van der Waals surface area contributed by atoms with E-state index in [1.54, 1.807) is 12.5 Å². The van der Waals surface area contributed by atoms with Crippen molar-refractivity contribution in [3.8, 4) is 22.0 Å². The molecule has 0 amide bonds. The van der Waals surface area contributed by atoms with E-state index in [1.807, 2.05) is 16.9 Å². The molecule has 3 aromatic heterocycles. The molecule has 0 saturated heterocycles. The highest BCUT2D eigenvalue weighted by atomic mass is 32.1. The van der Waals surface area contributed by atoms with E-state index in [1.165, 1.54) is 22.0 Å². The number of hydrogen-bond donors (Lipinski definition) is 0. The lowest BCUT2D eigenvalue weighted by molar-refractivity contribution is -0.384. The van der Waals surface area contributed by atoms with Crippen LogP contribution in [0.5, 0.6) is 0 Å². The minimum absolute atomic E-state index is 0.0962. The molecule has 0 atom stereocenters. The zero-order valence-corrected chi connectivity index (χ0v) is 13.6. The zero-order valence-electron chi connectivity index (χ0n) is 12.8. The SMILES string of the molecule is Cc1csc(-c2cc([N+](=O)[O-])c3n(c2=O)CCCn2cncc2-3)n1. The van der Waals surface area contributed by atoms with Crippen LogP contribution in [-0.2, 0) is 13.1 Å². The van der Waals surface area contributed by atoms with Crippen LogP contribution < -0.4 is 5.56 Å². The maximum absolute atomic E-state index is 13.0. The van der Waals surface area contributed by atoms with Crippen LogP contribution in [0.2, 0.25) is 0 Å². The largest absolute Gasteiger partial charge is 0.329 e. The third kappa shape index (κ3) is 2.16. The van der Waals surface area contributed by atoms with E-state index in [0.29, 0.717) is 35.9 Å². The smallest absolute Gasteiger partial charge is 0.296 e. The highest BCUT2D eigenvalue weighted by Gasteiger charge is 2.28. The number of nitrogens with zero attached hydrogens (tertiary/aromatic N) is 5. The summed E-state index contributed by atoms with van der Waals surface area (Å²) in [6.07, 6.45) is 3.90. The first kappa shape index (κ1) is 14.8. The third-order valence-electron chi connectivity index (χ3n) is 4.05. The number of hydrogen-bond acceptors (Lipinski definition) is 6. The number of nitro groups is 1. The van der Waals surface area contributed by atoms with Gasteiger partial charge >= 0.3 is 0 Å². The molecule has 0 bridgehead atoms. The van der Waals surface area contributed by atoms with Crippen molar-refractivity contribution in [3.63, 3.8) is 0 Å². The molecule has 8 nitrogen and oxygen atoms in total. The molecule has 1 aliphatic heterocycles. The number of aromatic nitrogens is 4. The van der Waals surface area contributed by atoms with Gasteiger partial charge in [0.1, 0.15) is 10.7 Å². The number of rotatable bonds is 2. The average Bonchev–Trinajstić information content (AvgIpc) is 3.13. The van der Waals surface area contributed by atoms with Crippen LogP contribution in [-0.4, -0.2) is 24.0 Å². The monoisotopic (exact) mass is 343 g/mol. The first-order valence-electron chi connectivity index (χ1n) is 7.41. The second-order valence-electron chi connectivity index (χ2n) is 5.63. The predicted molar refractivity (Wildman–Crippen MR) is 89.0 cm³/mol. The molecule has 0 saturated carbocycles. The Kier molecular flexibility index (Phi) is 3.31. The molecule has 24 heavy (non-hydrogen) atoms. The van der Waals surface area contributed by atoms with E-state index in [2.05, 4.69) is 9.97 Å². The lowest BCUT2D eigenvalue weighted by Gasteiger charge is -2.11. The van der Waals surface area contributed by atoms with Crippen molar-refractivity contribution >= 4 is 17.0 Å². The fraction of sp³-hybridized carbons (Fsp3) is 0.267. The van der Waals surface area contributed by atoms with E-state index in [9.17, 15) is 14.9 Å². The van der Waals surface area contributed by atoms with Crippen molar-refractivity contribution in [1.82, 2.24) is 19.1 Å². The van der Waals surface area contributed by atoms with Crippen LogP contribution in [0.4, 0.5) is 5.69 Å². The predicted octanol–water partition coefficient (Wildman–Crippen LogP) is 2.46. The number of imidazole rings is 1. The van der Waals surface area contributed by atoms with E-state index < -0.39 is 4.92 Å². The summed E-state index contributed by atoms with van der Waals surface area (Å²) in [5, 5.41) is 14.0. The van der Waals surface area contributed by atoms with Gasteiger partial charge in [-0.25, -0.2) is 9.97 Å². The summed E-state index contributed by atoms with van der Waals surface area (Å²) >= 11 is 1.32. The third-order valence-corrected chi connectivity index (χ3v) is 5.04. The molecule has 0 fully saturated rings.